The molecule has 30 heavy (non-hydrogen) atoms. The molecular formula is C23H27N3O2S2. The molecule has 0 aliphatic rings. The van der Waals surface area contributed by atoms with Crippen LogP contribution in [0, 0.1) is 12.8 Å². The standard InChI is InChI=1S/C23H27N3O2S2/c1-6-12-26-22(28)18-15(4)19(17-10-8-7-9-11-17)30-21(18)25-23(26)29-16(5)20(27)24-13-14(2)3/h6-11,14,16H,1,12-13H2,2-5H3,(H,24,27). The van der Waals surface area contributed by atoms with Crippen LogP contribution in [0.3, 0.4) is 0 Å². The van der Waals surface area contributed by atoms with E-state index in [9.17, 15) is 9.59 Å². The van der Waals surface area contributed by atoms with Gasteiger partial charge in [-0.2, -0.15) is 0 Å². The molecule has 1 N–H and O–H groups in total. The average molecular weight is 442 g/mol. The van der Waals surface area contributed by atoms with Crippen molar-refractivity contribution in [3.05, 3.63) is 58.9 Å². The number of aromatic nitrogens is 2. The third kappa shape index (κ3) is 4.68. The first-order valence-corrected chi connectivity index (χ1v) is 11.7. The van der Waals surface area contributed by atoms with Crippen molar-refractivity contribution in [3.63, 3.8) is 0 Å². The zero-order valence-corrected chi connectivity index (χ0v) is 19.4. The first kappa shape index (κ1) is 22.3. The fourth-order valence-corrected chi connectivity index (χ4v) is 5.27. The number of thiophene rings is 1. The second-order valence-electron chi connectivity index (χ2n) is 7.60. The van der Waals surface area contributed by atoms with Crippen molar-refractivity contribution in [1.29, 1.82) is 0 Å². The number of fused-ring (bicyclic) bond motifs is 1. The average Bonchev–Trinajstić information content (AvgIpc) is 3.06. The maximum Gasteiger partial charge on any atom is 0.263 e. The van der Waals surface area contributed by atoms with Gasteiger partial charge in [0.25, 0.3) is 5.56 Å². The van der Waals surface area contributed by atoms with E-state index in [-0.39, 0.29) is 16.7 Å². The first-order chi connectivity index (χ1) is 14.3. The molecule has 3 aromatic rings. The molecule has 0 saturated carbocycles. The summed E-state index contributed by atoms with van der Waals surface area (Å²) in [5.41, 5.74) is 1.92. The van der Waals surface area contributed by atoms with Gasteiger partial charge in [-0.25, -0.2) is 4.98 Å². The van der Waals surface area contributed by atoms with Crippen LogP contribution in [0.2, 0.25) is 0 Å². The Hall–Kier alpha value is -2.38. The van der Waals surface area contributed by atoms with E-state index < -0.39 is 0 Å². The van der Waals surface area contributed by atoms with Crippen LogP contribution in [0.15, 0.2) is 52.9 Å². The zero-order valence-electron chi connectivity index (χ0n) is 17.8. The minimum atomic E-state index is -0.362. The zero-order chi connectivity index (χ0) is 21.8. The predicted octanol–water partition coefficient (Wildman–Crippen LogP) is 4.87. The van der Waals surface area contributed by atoms with E-state index in [1.54, 1.807) is 10.6 Å². The number of thioether (sulfide) groups is 1. The number of nitrogens with one attached hydrogen (secondary N) is 1. The highest BCUT2D eigenvalue weighted by molar-refractivity contribution is 8.00. The van der Waals surface area contributed by atoms with E-state index in [1.807, 2.05) is 44.2 Å². The highest BCUT2D eigenvalue weighted by Gasteiger charge is 2.22. The van der Waals surface area contributed by atoms with Crippen LogP contribution in [0.5, 0.6) is 0 Å². The number of carbonyl (C=O) groups is 1. The van der Waals surface area contributed by atoms with Crippen LogP contribution < -0.4 is 10.9 Å². The lowest BCUT2D eigenvalue weighted by Crippen LogP contribution is -2.34. The lowest BCUT2D eigenvalue weighted by Gasteiger charge is -2.15. The molecule has 0 aliphatic carbocycles. The summed E-state index contributed by atoms with van der Waals surface area (Å²) >= 11 is 2.83. The molecule has 0 aliphatic heterocycles. The Bertz CT molecular complexity index is 1120. The largest absolute Gasteiger partial charge is 0.355 e. The van der Waals surface area contributed by atoms with Crippen LogP contribution in [-0.2, 0) is 11.3 Å². The third-order valence-corrected chi connectivity index (χ3v) is 7.02. The summed E-state index contributed by atoms with van der Waals surface area (Å²) in [4.78, 5) is 32.3. The molecule has 0 saturated heterocycles. The Morgan fingerprint density at radius 2 is 2.00 bits per heavy atom. The van der Waals surface area contributed by atoms with E-state index in [0.717, 1.165) is 16.0 Å². The van der Waals surface area contributed by atoms with Crippen molar-refractivity contribution in [1.82, 2.24) is 14.9 Å². The van der Waals surface area contributed by atoms with Crippen molar-refractivity contribution in [3.8, 4) is 10.4 Å². The minimum Gasteiger partial charge on any atom is -0.355 e. The van der Waals surface area contributed by atoms with Crippen molar-refractivity contribution >= 4 is 39.2 Å². The number of carbonyl (C=O) groups excluding carboxylic acids is 1. The summed E-state index contributed by atoms with van der Waals surface area (Å²) in [6.07, 6.45) is 1.68. The molecule has 0 fully saturated rings. The molecular weight excluding hydrogens is 414 g/mol. The van der Waals surface area contributed by atoms with Crippen molar-refractivity contribution in [2.24, 2.45) is 5.92 Å². The molecule has 1 unspecified atom stereocenters. The number of benzene rings is 1. The lowest BCUT2D eigenvalue weighted by molar-refractivity contribution is -0.120. The molecule has 2 heterocycles. The van der Waals surface area contributed by atoms with Crippen molar-refractivity contribution < 1.29 is 4.79 Å². The molecule has 1 aromatic carbocycles. The normalized spacial score (nSPS) is 12.3. The van der Waals surface area contributed by atoms with Crippen molar-refractivity contribution in [2.75, 3.05) is 6.54 Å². The van der Waals surface area contributed by atoms with Crippen LogP contribution in [0.4, 0.5) is 0 Å². The summed E-state index contributed by atoms with van der Waals surface area (Å²) in [5.74, 6) is 0.325. The van der Waals surface area contributed by atoms with Crippen molar-refractivity contribution in [2.45, 2.75) is 44.6 Å². The molecule has 5 nitrogen and oxygen atoms in total. The fourth-order valence-electron chi connectivity index (χ4n) is 3.10. The van der Waals surface area contributed by atoms with Gasteiger partial charge in [0.2, 0.25) is 5.91 Å². The quantitative estimate of drug-likeness (QED) is 0.308. The van der Waals surface area contributed by atoms with Gasteiger partial charge in [-0.15, -0.1) is 17.9 Å². The van der Waals surface area contributed by atoms with Crippen LogP contribution in [-0.4, -0.2) is 27.3 Å². The fraction of sp³-hybridized carbons (Fsp3) is 0.348. The number of allylic oxidation sites excluding steroid dienone is 1. The van der Waals surface area contributed by atoms with E-state index in [1.165, 1.54) is 23.1 Å². The molecule has 2 aromatic heterocycles. The highest BCUT2D eigenvalue weighted by Crippen LogP contribution is 2.36. The van der Waals surface area contributed by atoms with E-state index >= 15 is 0 Å². The Kier molecular flexibility index (Phi) is 7.15. The molecule has 0 radical (unpaired) electrons. The second kappa shape index (κ2) is 9.62. The summed E-state index contributed by atoms with van der Waals surface area (Å²) in [7, 11) is 0. The van der Waals surface area contributed by atoms with Gasteiger partial charge in [0, 0.05) is 18.0 Å². The summed E-state index contributed by atoms with van der Waals surface area (Å²) in [6, 6.07) is 10.0. The topological polar surface area (TPSA) is 64.0 Å². The van der Waals surface area contributed by atoms with E-state index in [4.69, 9.17) is 4.98 Å². The molecule has 0 bridgehead atoms. The van der Waals surface area contributed by atoms with Gasteiger partial charge in [-0.05, 0) is 30.9 Å². The smallest absolute Gasteiger partial charge is 0.263 e. The van der Waals surface area contributed by atoms with Crippen LogP contribution >= 0.6 is 23.1 Å². The van der Waals surface area contributed by atoms with Crippen LogP contribution in [0.1, 0.15) is 26.3 Å². The Balaban J connectivity index is 2.04. The van der Waals surface area contributed by atoms with Gasteiger partial charge in [-0.1, -0.05) is 62.0 Å². The van der Waals surface area contributed by atoms with Gasteiger partial charge < -0.3 is 5.32 Å². The number of hydrogen-bond acceptors (Lipinski definition) is 5. The SMILES string of the molecule is C=CCn1c(SC(C)C(=O)NCC(C)C)nc2sc(-c3ccccc3)c(C)c2c1=O. The molecule has 1 atom stereocenters. The molecule has 3 rings (SSSR count). The number of nitrogens with zero attached hydrogens (tertiary/aromatic N) is 2. The minimum absolute atomic E-state index is 0.0551. The van der Waals surface area contributed by atoms with E-state index in [0.29, 0.717) is 34.4 Å². The van der Waals surface area contributed by atoms with Gasteiger partial charge in [0.1, 0.15) is 4.83 Å². The number of rotatable bonds is 8. The molecule has 1 amide bonds. The second-order valence-corrected chi connectivity index (χ2v) is 9.91. The molecule has 158 valence electrons. The van der Waals surface area contributed by atoms with Gasteiger partial charge in [0.05, 0.1) is 10.6 Å². The maximum absolute atomic E-state index is 13.3. The Morgan fingerprint density at radius 1 is 1.30 bits per heavy atom. The summed E-state index contributed by atoms with van der Waals surface area (Å²) in [5, 5.41) is 3.77. The lowest BCUT2D eigenvalue weighted by atomic mass is 10.1. The number of aryl methyl sites for hydroxylation is 1. The third-order valence-electron chi connectivity index (χ3n) is 4.70. The Morgan fingerprint density at radius 3 is 2.63 bits per heavy atom. The van der Waals surface area contributed by atoms with Gasteiger partial charge in [-0.3, -0.25) is 14.2 Å². The Labute approximate surface area is 185 Å². The van der Waals surface area contributed by atoms with Gasteiger partial charge >= 0.3 is 0 Å². The maximum atomic E-state index is 13.3. The molecule has 0 spiro atoms. The van der Waals surface area contributed by atoms with E-state index in [2.05, 4.69) is 25.7 Å². The highest BCUT2D eigenvalue weighted by atomic mass is 32.2. The number of amides is 1. The monoisotopic (exact) mass is 441 g/mol. The first-order valence-electron chi connectivity index (χ1n) is 9.98. The molecule has 7 heteroatoms. The van der Waals surface area contributed by atoms with Gasteiger partial charge in [0.15, 0.2) is 5.16 Å². The summed E-state index contributed by atoms with van der Waals surface area (Å²) < 4.78 is 1.61. The summed E-state index contributed by atoms with van der Waals surface area (Å²) in [6.45, 7) is 12.7. The number of hydrogen-bond donors (Lipinski definition) is 1. The van der Waals surface area contributed by atoms with Crippen LogP contribution in [0.25, 0.3) is 20.7 Å². The predicted molar refractivity (Wildman–Crippen MR) is 127 cm³/mol.